The van der Waals surface area contributed by atoms with Gasteiger partial charge in [0.1, 0.15) is 0 Å². The summed E-state index contributed by atoms with van der Waals surface area (Å²) in [5, 5.41) is 100. The van der Waals surface area contributed by atoms with Gasteiger partial charge in [-0.2, -0.15) is 0 Å². The van der Waals surface area contributed by atoms with Crippen LogP contribution in [0.4, 0.5) is 28.8 Å². The van der Waals surface area contributed by atoms with Crippen LogP contribution in [0.15, 0.2) is 0 Å². The van der Waals surface area contributed by atoms with Gasteiger partial charge in [-0.1, -0.05) is 0 Å². The average molecular weight is 1360 g/mol. The van der Waals surface area contributed by atoms with Gasteiger partial charge in [-0.05, 0) is 36.9 Å². The summed E-state index contributed by atoms with van der Waals surface area (Å²) in [6.45, 7) is 0. The summed E-state index contributed by atoms with van der Waals surface area (Å²) in [4.78, 5) is 50.0. The van der Waals surface area contributed by atoms with Crippen molar-refractivity contribution >= 4 is 36.9 Å². The molecule has 0 bridgehead atoms. The Kier molecular flexibility index (Phi) is 432. The monoisotopic (exact) mass is 1360 g/mol. The molecule has 0 aromatic rings. The van der Waals surface area contributed by atoms with E-state index in [9.17, 15) is 0 Å². The van der Waals surface area contributed by atoms with Crippen molar-refractivity contribution in [1.29, 1.82) is 0 Å². The van der Waals surface area contributed by atoms with Gasteiger partial charge in [0, 0.05) is 0 Å². The Balaban J connectivity index is -0.00000000697. The molecule has 192 valence electrons. The molecule has 0 aromatic heterocycles. The predicted octanol–water partition coefficient (Wildman–Crippen LogP) is -13.0. The summed E-state index contributed by atoms with van der Waals surface area (Å²) in [5.74, 6) is 0. The minimum absolute atomic E-state index is 0. The van der Waals surface area contributed by atoms with Gasteiger partial charge >= 0.3 is 105 Å². The van der Waals surface area contributed by atoms with Crippen molar-refractivity contribution in [3.05, 3.63) is 36.9 Å². The molecular formula is C6N6O18W5. The topological polar surface area (TPSA) is 562 Å². The van der Waals surface area contributed by atoms with E-state index in [-0.39, 0.29) is 142 Å². The van der Waals surface area contributed by atoms with Crippen LogP contribution in [0.2, 0.25) is 0 Å². The molecule has 0 amide bonds. The van der Waals surface area contributed by atoms with E-state index in [1.807, 2.05) is 0 Å². The minimum atomic E-state index is -2.33. The van der Waals surface area contributed by atoms with E-state index in [4.69, 9.17) is 90.0 Å². The van der Waals surface area contributed by atoms with E-state index in [0.717, 1.165) is 0 Å². The number of rotatable bonds is 0. The van der Waals surface area contributed by atoms with E-state index >= 15 is 0 Å². The first-order valence-corrected chi connectivity index (χ1v) is 3.67. The van der Waals surface area contributed by atoms with Crippen LogP contribution >= 0.6 is 0 Å². The Bertz CT molecular complexity index is 293. The van der Waals surface area contributed by atoms with Gasteiger partial charge in [-0.25, -0.2) is 0 Å². The van der Waals surface area contributed by atoms with Gasteiger partial charge in [0.05, 0.1) is 0 Å². The average Bonchev–Trinajstić information content (AvgIpc) is 2.08. The normalized spacial score (nSPS) is 4.11. The molecule has 0 saturated heterocycles. The van der Waals surface area contributed by atoms with Crippen LogP contribution in [0.5, 0.6) is 0 Å². The summed E-state index contributed by atoms with van der Waals surface area (Å²) in [7, 11) is 0. The summed E-state index contributed by atoms with van der Waals surface area (Å²) >= 11 is 0. The Morgan fingerprint density at radius 2 is 0.229 bits per heavy atom. The zero-order valence-corrected chi connectivity index (χ0v) is 29.7. The zero-order valence-electron chi connectivity index (χ0n) is 15.1. The van der Waals surface area contributed by atoms with Gasteiger partial charge in [0.15, 0.2) is 0 Å². The molecule has 0 atom stereocenters. The van der Waals surface area contributed by atoms with Crippen molar-refractivity contribution in [2.75, 3.05) is 0 Å². The van der Waals surface area contributed by atoms with Crippen LogP contribution in [0.3, 0.4) is 0 Å². The third-order valence-electron chi connectivity index (χ3n) is 0. The molecule has 35 heavy (non-hydrogen) atoms. The first-order valence-electron chi connectivity index (χ1n) is 3.67. The molecule has 24 nitrogen and oxygen atoms in total. The van der Waals surface area contributed by atoms with Crippen molar-refractivity contribution in [2.45, 2.75) is 0 Å². The third kappa shape index (κ3) is 22500. The number of carbonyl (C=O) groups excluding carboxylic acids is 6. The summed E-state index contributed by atoms with van der Waals surface area (Å²) in [5.41, 5.74) is 0. The maximum absolute atomic E-state index is 8.33. The van der Waals surface area contributed by atoms with Crippen molar-refractivity contribution in [3.63, 3.8) is 0 Å². The van der Waals surface area contributed by atoms with Crippen LogP contribution in [-0.4, -0.2) is 36.9 Å². The van der Waals surface area contributed by atoms with Gasteiger partial charge in [0.2, 0.25) is 0 Å². The second-order valence-electron chi connectivity index (χ2n) is 1.50. The number of hydrogen-bond acceptors (Lipinski definition) is 18. The standard InChI is InChI=1S/6CH2O3.6N.5W/c6*2-1(3)4;;;;;;;;;;;/h6*(H2,2,3,4);;;;;;;;;;;/q;;;;;;6*-3;5*+6/p-12. The smallest absolute Gasteiger partial charge is 3.00 e. The molecule has 0 aliphatic rings. The van der Waals surface area contributed by atoms with Gasteiger partial charge < -0.3 is 127 Å². The van der Waals surface area contributed by atoms with Crippen LogP contribution in [0.1, 0.15) is 0 Å². The van der Waals surface area contributed by atoms with E-state index in [2.05, 4.69) is 0 Å². The minimum Gasteiger partial charge on any atom is -3.00 e. The zero-order chi connectivity index (χ0) is 21.5. The molecule has 0 aliphatic heterocycles. The summed E-state index contributed by atoms with van der Waals surface area (Å²) < 4.78 is 0. The maximum atomic E-state index is 8.33. The predicted molar refractivity (Wildman–Crippen MR) is 52.5 cm³/mol. The van der Waals surface area contributed by atoms with Gasteiger partial charge in [0.25, 0.3) is 0 Å². The van der Waals surface area contributed by atoms with Crippen molar-refractivity contribution in [2.24, 2.45) is 0 Å². The third-order valence-corrected chi connectivity index (χ3v) is 0. The van der Waals surface area contributed by atoms with Gasteiger partial charge in [-0.15, -0.1) is 0 Å². The van der Waals surface area contributed by atoms with Gasteiger partial charge in [-0.3, -0.25) is 0 Å². The molecule has 0 aliphatic carbocycles. The second kappa shape index (κ2) is 117. The molecular weight excluding hydrogens is 1360 g/mol. The maximum Gasteiger partial charge on any atom is 6.00 e. The molecule has 0 heterocycles. The van der Waals surface area contributed by atoms with Crippen molar-refractivity contribution < 1.29 is 195 Å². The number of carbonyl (C=O) groups is 6. The number of hydrogen-bond donors (Lipinski definition) is 0. The Morgan fingerprint density at radius 1 is 0.229 bits per heavy atom. The fourth-order valence-corrected chi connectivity index (χ4v) is 0. The molecule has 29 heteroatoms. The van der Waals surface area contributed by atoms with Crippen LogP contribution in [0, 0.1) is 0 Å². The van der Waals surface area contributed by atoms with Crippen LogP contribution < -0.4 is 61.3 Å². The molecule has 0 fully saturated rings. The Hall–Kier alpha value is -1.18. The molecule has 0 N–H and O–H groups in total. The molecule has 0 unspecified atom stereocenters. The fraction of sp³-hybridized carbons (Fsp3) is 0. The van der Waals surface area contributed by atoms with E-state index in [0.29, 0.717) is 0 Å². The largest absolute Gasteiger partial charge is 6.00 e. The molecule has 0 radical (unpaired) electrons. The van der Waals surface area contributed by atoms with Crippen molar-refractivity contribution in [3.8, 4) is 0 Å². The first kappa shape index (κ1) is 129. The Morgan fingerprint density at radius 3 is 0.229 bits per heavy atom. The fourth-order valence-electron chi connectivity index (χ4n) is 0. The van der Waals surface area contributed by atoms with Crippen LogP contribution in [-0.2, 0) is 105 Å². The molecule has 0 saturated carbocycles. The molecule has 0 spiro atoms. The number of carboxylic acid groups (broad SMARTS) is 12. The van der Waals surface area contributed by atoms with E-state index in [1.54, 1.807) is 0 Å². The van der Waals surface area contributed by atoms with E-state index < -0.39 is 36.9 Å². The summed E-state index contributed by atoms with van der Waals surface area (Å²) in [6.07, 6.45) is -14.0. The number of nitrogens with zero attached hydrogens (tertiary/aromatic N) is 6. The SMILES string of the molecule is O=C([O-])[O-].O=C([O-])[O-].O=C([O-])[O-].O=C([O-])[O-].O=C([O-])[O-].O=C([O-])[O-].[N-3].[N-3].[N-3].[N-3].[N-3].[N-3].[W+6].[W+6].[W+6].[W+6].[W+6]. The second-order valence-corrected chi connectivity index (χ2v) is 1.50. The van der Waals surface area contributed by atoms with Crippen molar-refractivity contribution in [1.82, 2.24) is 0 Å². The molecule has 0 rings (SSSR count). The molecule has 0 aromatic carbocycles. The first-order chi connectivity index (χ1) is 10.4. The quantitative estimate of drug-likeness (QED) is 0.217. The van der Waals surface area contributed by atoms with E-state index in [1.165, 1.54) is 0 Å². The summed E-state index contributed by atoms with van der Waals surface area (Å²) in [6, 6.07) is 0. The van der Waals surface area contributed by atoms with Crippen LogP contribution in [0.25, 0.3) is 36.9 Å². The Labute approximate surface area is 267 Å².